The Balaban J connectivity index is 1.88. The first-order chi connectivity index (χ1) is 14.7. The Morgan fingerprint density at radius 1 is 1.23 bits per heavy atom. The van der Waals surface area contributed by atoms with Gasteiger partial charge in [-0.25, -0.2) is 5.10 Å². The molecule has 0 radical (unpaired) electrons. The lowest BCUT2D eigenvalue weighted by molar-refractivity contribution is -0.136. The number of H-pyrrole nitrogens is 1. The zero-order valence-electron chi connectivity index (χ0n) is 15.8. The first-order valence-corrected chi connectivity index (χ1v) is 8.81. The molecular weight excluding hydrogens is 415 g/mol. The predicted octanol–water partition coefficient (Wildman–Crippen LogP) is 3.07. The molecule has 0 saturated heterocycles. The number of hydrogen-bond donors (Lipinski definition) is 4. The van der Waals surface area contributed by atoms with Crippen molar-refractivity contribution in [1.82, 2.24) is 20.6 Å². The SMILES string of the molecule is CC(/C(=N/O)c1cc(-c2nnn[nH]2)ccc1N)=C1\C(=O)Nc2c1cccc2C(F)(F)F. The Morgan fingerprint density at radius 2 is 2.00 bits per heavy atom. The number of aromatic nitrogens is 4. The summed E-state index contributed by atoms with van der Waals surface area (Å²) in [6.45, 7) is 1.46. The van der Waals surface area contributed by atoms with Gasteiger partial charge in [0.05, 0.1) is 16.8 Å². The lowest BCUT2D eigenvalue weighted by atomic mass is 9.92. The Labute approximate surface area is 172 Å². The molecule has 2 aromatic carbocycles. The molecule has 1 aromatic heterocycles. The number of nitrogen functional groups attached to an aromatic ring is 1. The number of rotatable bonds is 3. The maximum atomic E-state index is 13.4. The van der Waals surface area contributed by atoms with E-state index in [-0.39, 0.29) is 39.4 Å². The number of amides is 1. The molecule has 4 rings (SSSR count). The lowest BCUT2D eigenvalue weighted by Gasteiger charge is -2.13. The average Bonchev–Trinajstić information content (AvgIpc) is 3.36. The Kier molecular flexibility index (Phi) is 4.68. The molecule has 0 fully saturated rings. The summed E-state index contributed by atoms with van der Waals surface area (Å²) in [4.78, 5) is 12.6. The van der Waals surface area contributed by atoms with Gasteiger partial charge in [-0.05, 0) is 47.2 Å². The highest BCUT2D eigenvalue weighted by molar-refractivity contribution is 6.37. The number of carbonyl (C=O) groups excluding carboxylic acids is 1. The van der Waals surface area contributed by atoms with Gasteiger partial charge in [-0.1, -0.05) is 17.3 Å². The van der Waals surface area contributed by atoms with E-state index >= 15 is 0 Å². The third kappa shape index (κ3) is 3.37. The quantitative estimate of drug-likeness (QED) is 0.166. The van der Waals surface area contributed by atoms with Gasteiger partial charge in [0.1, 0.15) is 5.71 Å². The Hall–Kier alpha value is -4.22. The van der Waals surface area contributed by atoms with Gasteiger partial charge in [0.25, 0.3) is 5.91 Å². The fraction of sp³-hybridized carbons (Fsp3) is 0.105. The number of para-hydroxylation sites is 1. The van der Waals surface area contributed by atoms with Crippen molar-refractivity contribution < 1.29 is 23.2 Å². The highest BCUT2D eigenvalue weighted by atomic mass is 19.4. The van der Waals surface area contributed by atoms with Gasteiger partial charge < -0.3 is 16.3 Å². The number of tetrazole rings is 1. The fourth-order valence-corrected chi connectivity index (χ4v) is 3.44. The van der Waals surface area contributed by atoms with Crippen LogP contribution in [-0.4, -0.2) is 37.5 Å². The summed E-state index contributed by atoms with van der Waals surface area (Å²) in [6, 6.07) is 8.17. The van der Waals surface area contributed by atoms with Crippen LogP contribution in [0.25, 0.3) is 17.0 Å². The minimum absolute atomic E-state index is 0.0487. The van der Waals surface area contributed by atoms with Gasteiger partial charge in [0.2, 0.25) is 0 Å². The van der Waals surface area contributed by atoms with Gasteiger partial charge in [0.15, 0.2) is 5.82 Å². The summed E-state index contributed by atoms with van der Waals surface area (Å²) >= 11 is 0. The molecule has 0 unspecified atom stereocenters. The number of nitrogens with one attached hydrogen (secondary N) is 2. The molecule has 0 aliphatic carbocycles. The number of fused-ring (bicyclic) bond motifs is 1. The van der Waals surface area contributed by atoms with E-state index in [2.05, 4.69) is 31.1 Å². The third-order valence-corrected chi connectivity index (χ3v) is 4.86. The van der Waals surface area contributed by atoms with Crippen LogP contribution in [0.5, 0.6) is 0 Å². The summed E-state index contributed by atoms with van der Waals surface area (Å²) in [5.41, 5.74) is 5.75. The number of halogens is 3. The first kappa shape index (κ1) is 20.1. The number of anilines is 2. The van der Waals surface area contributed by atoms with Crippen LogP contribution < -0.4 is 11.1 Å². The molecule has 3 aromatic rings. The van der Waals surface area contributed by atoms with Crippen LogP contribution in [0.3, 0.4) is 0 Å². The van der Waals surface area contributed by atoms with Gasteiger partial charge in [-0.3, -0.25) is 4.79 Å². The number of benzene rings is 2. The summed E-state index contributed by atoms with van der Waals surface area (Å²) in [5, 5.41) is 28.6. The lowest BCUT2D eigenvalue weighted by Crippen LogP contribution is -2.13. The van der Waals surface area contributed by atoms with E-state index in [0.717, 1.165) is 6.07 Å². The molecule has 1 aliphatic rings. The molecule has 31 heavy (non-hydrogen) atoms. The van der Waals surface area contributed by atoms with Crippen LogP contribution in [0, 0.1) is 0 Å². The second kappa shape index (κ2) is 7.23. The number of nitrogens with zero attached hydrogens (tertiary/aromatic N) is 4. The molecule has 9 nitrogen and oxygen atoms in total. The first-order valence-electron chi connectivity index (χ1n) is 8.81. The highest BCUT2D eigenvalue weighted by Gasteiger charge is 2.39. The van der Waals surface area contributed by atoms with E-state index in [1.54, 1.807) is 6.07 Å². The third-order valence-electron chi connectivity index (χ3n) is 4.86. The number of allylic oxidation sites excluding steroid dienone is 1. The van der Waals surface area contributed by atoms with E-state index < -0.39 is 17.6 Å². The summed E-state index contributed by atoms with van der Waals surface area (Å²) in [6.07, 6.45) is -4.65. The number of nitrogens with two attached hydrogens (primary N) is 1. The predicted molar refractivity (Wildman–Crippen MR) is 105 cm³/mol. The maximum Gasteiger partial charge on any atom is 0.418 e. The molecular formula is C19H14F3N7O2. The topological polar surface area (TPSA) is 142 Å². The molecule has 5 N–H and O–H groups in total. The van der Waals surface area contributed by atoms with Crippen LogP contribution in [0.15, 0.2) is 47.1 Å². The molecule has 12 heteroatoms. The number of aromatic amines is 1. The Morgan fingerprint density at radius 3 is 2.65 bits per heavy atom. The zero-order valence-corrected chi connectivity index (χ0v) is 15.8. The van der Waals surface area contributed by atoms with E-state index in [4.69, 9.17) is 5.73 Å². The molecule has 1 amide bonds. The van der Waals surface area contributed by atoms with Crippen molar-refractivity contribution in [2.24, 2.45) is 5.16 Å². The summed E-state index contributed by atoms with van der Waals surface area (Å²) in [7, 11) is 0. The minimum Gasteiger partial charge on any atom is -0.410 e. The van der Waals surface area contributed by atoms with Crippen molar-refractivity contribution in [1.29, 1.82) is 0 Å². The van der Waals surface area contributed by atoms with Gasteiger partial charge >= 0.3 is 6.18 Å². The normalized spacial score (nSPS) is 15.6. The molecule has 1 aliphatic heterocycles. The van der Waals surface area contributed by atoms with Crippen molar-refractivity contribution in [3.05, 3.63) is 58.7 Å². The van der Waals surface area contributed by atoms with Crippen molar-refractivity contribution in [2.75, 3.05) is 11.1 Å². The van der Waals surface area contributed by atoms with E-state index in [1.807, 2.05) is 0 Å². The van der Waals surface area contributed by atoms with Gasteiger partial charge in [0, 0.05) is 22.4 Å². The van der Waals surface area contributed by atoms with Crippen molar-refractivity contribution in [3.8, 4) is 11.4 Å². The highest BCUT2D eigenvalue weighted by Crippen LogP contribution is 2.43. The molecule has 0 atom stereocenters. The van der Waals surface area contributed by atoms with Gasteiger partial charge in [-0.2, -0.15) is 13.2 Å². The largest absolute Gasteiger partial charge is 0.418 e. The Bertz CT molecular complexity index is 1250. The minimum atomic E-state index is -4.65. The number of hydrogen-bond acceptors (Lipinski definition) is 7. The summed E-state index contributed by atoms with van der Waals surface area (Å²) < 4.78 is 40.1. The molecule has 0 bridgehead atoms. The van der Waals surface area contributed by atoms with Crippen molar-refractivity contribution >= 4 is 28.6 Å². The summed E-state index contributed by atoms with van der Waals surface area (Å²) in [5.74, 6) is -0.429. The van der Waals surface area contributed by atoms with Crippen LogP contribution in [-0.2, 0) is 11.0 Å². The van der Waals surface area contributed by atoms with E-state index in [9.17, 15) is 23.2 Å². The monoisotopic (exact) mass is 429 g/mol. The molecule has 0 saturated carbocycles. The van der Waals surface area contributed by atoms with Crippen LogP contribution in [0.4, 0.5) is 24.5 Å². The van der Waals surface area contributed by atoms with E-state index in [1.165, 1.54) is 31.2 Å². The molecule has 0 spiro atoms. The average molecular weight is 429 g/mol. The van der Waals surface area contributed by atoms with Crippen LogP contribution in [0.1, 0.15) is 23.6 Å². The fourth-order valence-electron chi connectivity index (χ4n) is 3.44. The van der Waals surface area contributed by atoms with Crippen molar-refractivity contribution in [2.45, 2.75) is 13.1 Å². The molecule has 2 heterocycles. The molecule has 158 valence electrons. The van der Waals surface area contributed by atoms with Crippen LogP contribution >= 0.6 is 0 Å². The number of carbonyl (C=O) groups is 1. The maximum absolute atomic E-state index is 13.4. The zero-order chi connectivity index (χ0) is 22.3. The smallest absolute Gasteiger partial charge is 0.410 e. The second-order valence-electron chi connectivity index (χ2n) is 6.68. The second-order valence-corrected chi connectivity index (χ2v) is 6.68. The number of alkyl halides is 3. The van der Waals surface area contributed by atoms with Gasteiger partial charge in [-0.15, -0.1) is 5.10 Å². The standard InChI is InChI=1S/C19H14F3N7O2/c1-8(14-10-3-2-4-12(19(20,21)22)16(10)24-18(14)30)15(27-31)11-7-9(5-6-13(11)23)17-25-28-29-26-17/h2-7,31H,23H2,1H3,(H,24,30)(H,25,26,28,29)/b14-8+,27-15-. The van der Waals surface area contributed by atoms with E-state index in [0.29, 0.717) is 11.4 Å². The van der Waals surface area contributed by atoms with Crippen molar-refractivity contribution in [3.63, 3.8) is 0 Å². The number of oxime groups is 1. The van der Waals surface area contributed by atoms with Crippen LogP contribution in [0.2, 0.25) is 0 Å².